The second kappa shape index (κ2) is 9.08. The predicted molar refractivity (Wildman–Crippen MR) is 82.9 cm³/mol. The molecule has 0 bridgehead atoms. The van der Waals surface area contributed by atoms with Crippen molar-refractivity contribution in [2.45, 2.75) is 6.54 Å². The maximum atomic E-state index is 5.02. The third-order valence-electron chi connectivity index (χ3n) is 3.80. The Morgan fingerprint density at radius 3 is 2.40 bits per heavy atom. The molecule has 0 amide bonds. The Morgan fingerprint density at radius 2 is 1.70 bits per heavy atom. The van der Waals surface area contributed by atoms with E-state index >= 15 is 0 Å². The van der Waals surface area contributed by atoms with E-state index in [2.05, 4.69) is 45.4 Å². The summed E-state index contributed by atoms with van der Waals surface area (Å²) in [6.07, 6.45) is 0. The highest BCUT2D eigenvalue weighted by molar-refractivity contribution is 5.14. The second-order valence-electron chi connectivity index (χ2n) is 5.35. The first-order valence-corrected chi connectivity index (χ1v) is 7.57. The number of rotatable bonds is 8. The molecule has 0 spiro atoms. The SMILES string of the molecule is COCCNCCN1CCN(Cc2ccccc2)CC1. The average molecular weight is 277 g/mol. The van der Waals surface area contributed by atoms with Gasteiger partial charge in [-0.2, -0.15) is 0 Å². The zero-order valence-electron chi connectivity index (χ0n) is 12.6. The normalized spacial score (nSPS) is 17.4. The lowest BCUT2D eigenvalue weighted by Crippen LogP contribution is -2.47. The van der Waals surface area contributed by atoms with E-state index in [0.29, 0.717) is 0 Å². The smallest absolute Gasteiger partial charge is 0.0587 e. The van der Waals surface area contributed by atoms with Gasteiger partial charge in [0.05, 0.1) is 6.61 Å². The molecule has 1 aromatic carbocycles. The molecule has 0 aromatic heterocycles. The molecule has 4 nitrogen and oxygen atoms in total. The molecule has 4 heteroatoms. The molecule has 20 heavy (non-hydrogen) atoms. The zero-order chi connectivity index (χ0) is 14.0. The molecule has 1 aliphatic heterocycles. The monoisotopic (exact) mass is 277 g/mol. The molecular weight excluding hydrogens is 250 g/mol. The van der Waals surface area contributed by atoms with Gasteiger partial charge in [0, 0.05) is 59.5 Å². The van der Waals surface area contributed by atoms with Crippen LogP contribution >= 0.6 is 0 Å². The van der Waals surface area contributed by atoms with Crippen molar-refractivity contribution in [2.24, 2.45) is 0 Å². The van der Waals surface area contributed by atoms with E-state index in [9.17, 15) is 0 Å². The molecule has 0 atom stereocenters. The van der Waals surface area contributed by atoms with E-state index in [1.165, 1.54) is 31.7 Å². The summed E-state index contributed by atoms with van der Waals surface area (Å²) >= 11 is 0. The summed E-state index contributed by atoms with van der Waals surface area (Å²) in [6.45, 7) is 9.73. The number of nitrogens with zero attached hydrogens (tertiary/aromatic N) is 2. The van der Waals surface area contributed by atoms with Crippen LogP contribution in [0.1, 0.15) is 5.56 Å². The molecule has 1 N–H and O–H groups in total. The van der Waals surface area contributed by atoms with E-state index in [1.54, 1.807) is 7.11 Å². The summed E-state index contributed by atoms with van der Waals surface area (Å²) < 4.78 is 5.02. The van der Waals surface area contributed by atoms with Gasteiger partial charge in [0.25, 0.3) is 0 Å². The molecule has 0 radical (unpaired) electrons. The van der Waals surface area contributed by atoms with E-state index in [4.69, 9.17) is 4.74 Å². The summed E-state index contributed by atoms with van der Waals surface area (Å²) in [5.41, 5.74) is 1.42. The van der Waals surface area contributed by atoms with Gasteiger partial charge in [0.1, 0.15) is 0 Å². The van der Waals surface area contributed by atoms with Crippen molar-refractivity contribution in [1.29, 1.82) is 0 Å². The van der Waals surface area contributed by atoms with Crippen LogP contribution in [0.2, 0.25) is 0 Å². The van der Waals surface area contributed by atoms with Crippen LogP contribution in [0.3, 0.4) is 0 Å². The van der Waals surface area contributed by atoms with E-state index < -0.39 is 0 Å². The maximum absolute atomic E-state index is 5.02. The molecule has 1 saturated heterocycles. The van der Waals surface area contributed by atoms with Crippen molar-refractivity contribution in [1.82, 2.24) is 15.1 Å². The first kappa shape index (κ1) is 15.4. The van der Waals surface area contributed by atoms with Gasteiger partial charge in [-0.1, -0.05) is 30.3 Å². The highest BCUT2D eigenvalue weighted by Crippen LogP contribution is 2.07. The second-order valence-corrected chi connectivity index (χ2v) is 5.35. The molecule has 0 saturated carbocycles. The summed E-state index contributed by atoms with van der Waals surface area (Å²) in [6, 6.07) is 10.8. The fourth-order valence-corrected chi connectivity index (χ4v) is 2.55. The zero-order valence-corrected chi connectivity index (χ0v) is 12.6. The van der Waals surface area contributed by atoms with Gasteiger partial charge in [0.15, 0.2) is 0 Å². The third kappa shape index (κ3) is 5.59. The molecule has 0 aliphatic carbocycles. The number of benzene rings is 1. The number of ether oxygens (including phenoxy) is 1. The van der Waals surface area contributed by atoms with E-state index in [-0.39, 0.29) is 0 Å². The minimum Gasteiger partial charge on any atom is -0.383 e. The van der Waals surface area contributed by atoms with Crippen LogP contribution in [0, 0.1) is 0 Å². The summed E-state index contributed by atoms with van der Waals surface area (Å²) in [7, 11) is 1.74. The van der Waals surface area contributed by atoms with Crippen LogP contribution in [-0.4, -0.2) is 69.3 Å². The molecule has 0 unspecified atom stereocenters. The molecule has 2 rings (SSSR count). The largest absolute Gasteiger partial charge is 0.383 e. The maximum Gasteiger partial charge on any atom is 0.0587 e. The van der Waals surface area contributed by atoms with Crippen LogP contribution in [0.25, 0.3) is 0 Å². The quantitative estimate of drug-likeness (QED) is 0.719. The number of methoxy groups -OCH3 is 1. The minimum atomic E-state index is 0.796. The van der Waals surface area contributed by atoms with Gasteiger partial charge in [-0.05, 0) is 5.56 Å². The number of piperazine rings is 1. The Labute approximate surface area is 122 Å². The lowest BCUT2D eigenvalue weighted by atomic mass is 10.2. The molecule has 112 valence electrons. The molecule has 1 heterocycles. The van der Waals surface area contributed by atoms with Crippen molar-refractivity contribution in [3.8, 4) is 0 Å². The summed E-state index contributed by atoms with van der Waals surface area (Å²) in [5, 5.41) is 3.40. The fraction of sp³-hybridized carbons (Fsp3) is 0.625. The van der Waals surface area contributed by atoms with Crippen molar-refractivity contribution < 1.29 is 4.74 Å². The molecule has 1 fully saturated rings. The number of hydrogen-bond donors (Lipinski definition) is 1. The molecule has 1 aromatic rings. The van der Waals surface area contributed by atoms with Gasteiger partial charge in [-0.3, -0.25) is 9.80 Å². The highest BCUT2D eigenvalue weighted by Gasteiger charge is 2.16. The van der Waals surface area contributed by atoms with Crippen LogP contribution in [0.15, 0.2) is 30.3 Å². The van der Waals surface area contributed by atoms with Crippen molar-refractivity contribution in [3.05, 3.63) is 35.9 Å². The third-order valence-corrected chi connectivity index (χ3v) is 3.80. The minimum absolute atomic E-state index is 0.796. The molecule has 1 aliphatic rings. The van der Waals surface area contributed by atoms with Crippen molar-refractivity contribution >= 4 is 0 Å². The Morgan fingerprint density at radius 1 is 1.00 bits per heavy atom. The summed E-state index contributed by atoms with van der Waals surface area (Å²) in [4.78, 5) is 5.09. The van der Waals surface area contributed by atoms with Gasteiger partial charge in [0.2, 0.25) is 0 Å². The van der Waals surface area contributed by atoms with E-state index in [0.717, 1.165) is 32.8 Å². The molecular formula is C16H27N3O. The van der Waals surface area contributed by atoms with Crippen LogP contribution < -0.4 is 5.32 Å². The average Bonchev–Trinajstić information content (AvgIpc) is 2.50. The number of hydrogen-bond acceptors (Lipinski definition) is 4. The Balaban J connectivity index is 1.58. The topological polar surface area (TPSA) is 27.7 Å². The standard InChI is InChI=1S/C16H27N3O/c1-20-14-8-17-7-9-18-10-12-19(13-11-18)15-16-5-3-2-4-6-16/h2-6,17H,7-15H2,1H3. The van der Waals surface area contributed by atoms with Crippen molar-refractivity contribution in [3.63, 3.8) is 0 Å². The van der Waals surface area contributed by atoms with Gasteiger partial charge in [-0.15, -0.1) is 0 Å². The van der Waals surface area contributed by atoms with E-state index in [1.807, 2.05) is 0 Å². The van der Waals surface area contributed by atoms with Gasteiger partial charge < -0.3 is 10.1 Å². The van der Waals surface area contributed by atoms with Crippen LogP contribution in [-0.2, 0) is 11.3 Å². The van der Waals surface area contributed by atoms with Crippen molar-refractivity contribution in [2.75, 3.05) is 59.5 Å². The summed E-state index contributed by atoms with van der Waals surface area (Å²) in [5.74, 6) is 0. The predicted octanol–water partition coefficient (Wildman–Crippen LogP) is 1.04. The Bertz CT molecular complexity index is 350. The van der Waals surface area contributed by atoms with Gasteiger partial charge >= 0.3 is 0 Å². The highest BCUT2D eigenvalue weighted by atomic mass is 16.5. The first-order valence-electron chi connectivity index (χ1n) is 7.57. The Kier molecular flexibility index (Phi) is 7.01. The fourth-order valence-electron chi connectivity index (χ4n) is 2.55. The number of nitrogens with one attached hydrogen (secondary N) is 1. The van der Waals surface area contributed by atoms with Crippen LogP contribution in [0.5, 0.6) is 0 Å². The first-order chi connectivity index (χ1) is 9.88. The van der Waals surface area contributed by atoms with Gasteiger partial charge in [-0.25, -0.2) is 0 Å². The Hall–Kier alpha value is -0.940. The lowest BCUT2D eigenvalue weighted by Gasteiger charge is -2.34. The lowest BCUT2D eigenvalue weighted by molar-refractivity contribution is 0.126. The van der Waals surface area contributed by atoms with Crippen LogP contribution in [0.4, 0.5) is 0 Å².